The Bertz CT molecular complexity index is 1940. The molecule has 0 aliphatic heterocycles. The van der Waals surface area contributed by atoms with E-state index in [0.29, 0.717) is 33.4 Å². The summed E-state index contributed by atoms with van der Waals surface area (Å²) >= 11 is 6.03. The Kier molecular flexibility index (Phi) is 9.62. The van der Waals surface area contributed by atoms with Crippen molar-refractivity contribution in [1.29, 1.82) is 0 Å². The molecule has 2 N–H and O–H groups in total. The average molecular weight is 663 g/mol. The minimum absolute atomic E-state index is 0.0626. The van der Waals surface area contributed by atoms with Crippen LogP contribution in [0.15, 0.2) is 102 Å². The average Bonchev–Trinajstić information content (AvgIpc) is 3.49. The van der Waals surface area contributed by atoms with Gasteiger partial charge in [0.25, 0.3) is 16.0 Å². The first-order valence-electron chi connectivity index (χ1n) is 14.4. The first kappa shape index (κ1) is 32.9. The van der Waals surface area contributed by atoms with Gasteiger partial charge in [-0.15, -0.1) is 0 Å². The van der Waals surface area contributed by atoms with Crippen molar-refractivity contribution in [2.24, 2.45) is 0 Å². The molecule has 0 fully saturated rings. The van der Waals surface area contributed by atoms with Crippen molar-refractivity contribution in [3.63, 3.8) is 0 Å². The minimum atomic E-state index is -4.19. The summed E-state index contributed by atoms with van der Waals surface area (Å²) in [6.45, 7) is 6.14. The van der Waals surface area contributed by atoms with E-state index in [1.165, 1.54) is 24.3 Å². The number of amides is 1. The van der Waals surface area contributed by atoms with Gasteiger partial charge in [-0.3, -0.25) is 9.35 Å². The smallest absolute Gasteiger partial charge is 0.266 e. The lowest BCUT2D eigenvalue weighted by molar-refractivity contribution is 0.0956. The molecule has 0 aliphatic rings. The van der Waals surface area contributed by atoms with Crippen LogP contribution in [0.5, 0.6) is 5.75 Å². The quantitative estimate of drug-likeness (QED) is 0.146. The second-order valence-electron chi connectivity index (χ2n) is 11.8. The molecular weight excluding hydrogens is 631 g/mol. The standard InChI is InChI=1S/C35H32ClFN2O6S/c1-35(2,3)27-10-4-23(5-11-27)33(44-30-14-8-24(9-15-30)34(40)38-16-17-46(41,42)43)31-21-32(45-39-31)26-18-25(19-29(37)20-26)22-6-12-28(36)13-7-22/h4-15,18-21,33H,16-17H2,1-3H3,(H,38,40)(H,41,42,43). The summed E-state index contributed by atoms with van der Waals surface area (Å²) in [4.78, 5) is 12.4. The summed E-state index contributed by atoms with van der Waals surface area (Å²) in [5, 5.41) is 7.34. The van der Waals surface area contributed by atoms with E-state index in [0.717, 1.165) is 16.7 Å². The van der Waals surface area contributed by atoms with E-state index in [1.54, 1.807) is 30.3 Å². The lowest BCUT2D eigenvalue weighted by Crippen LogP contribution is -2.28. The third kappa shape index (κ3) is 8.39. The summed E-state index contributed by atoms with van der Waals surface area (Å²) in [7, 11) is -4.19. The molecule has 0 spiro atoms. The fourth-order valence-electron chi connectivity index (χ4n) is 4.76. The number of hydrogen-bond donors (Lipinski definition) is 2. The molecule has 1 unspecified atom stereocenters. The predicted octanol–water partition coefficient (Wildman–Crippen LogP) is 7.88. The van der Waals surface area contributed by atoms with E-state index in [-0.39, 0.29) is 17.5 Å². The van der Waals surface area contributed by atoms with Crippen molar-refractivity contribution in [3.8, 4) is 28.2 Å². The van der Waals surface area contributed by atoms with Crippen LogP contribution in [0.4, 0.5) is 4.39 Å². The molecule has 238 valence electrons. The number of aromatic nitrogens is 1. The van der Waals surface area contributed by atoms with E-state index >= 15 is 0 Å². The molecule has 1 heterocycles. The van der Waals surface area contributed by atoms with E-state index in [2.05, 4.69) is 31.2 Å². The number of nitrogens with one attached hydrogen (secondary N) is 1. The van der Waals surface area contributed by atoms with E-state index < -0.39 is 33.7 Å². The maximum Gasteiger partial charge on any atom is 0.266 e. The van der Waals surface area contributed by atoms with Gasteiger partial charge in [0.05, 0.1) is 5.75 Å². The number of ether oxygens (including phenoxy) is 1. The Morgan fingerprint density at radius 2 is 1.59 bits per heavy atom. The molecule has 0 bridgehead atoms. The van der Waals surface area contributed by atoms with Gasteiger partial charge in [-0.1, -0.05) is 73.9 Å². The van der Waals surface area contributed by atoms with Crippen LogP contribution in [0.2, 0.25) is 5.02 Å². The highest BCUT2D eigenvalue weighted by molar-refractivity contribution is 7.85. The van der Waals surface area contributed by atoms with Crippen LogP contribution in [0, 0.1) is 5.82 Å². The molecule has 0 radical (unpaired) electrons. The highest BCUT2D eigenvalue weighted by Crippen LogP contribution is 2.34. The van der Waals surface area contributed by atoms with E-state index in [9.17, 15) is 17.6 Å². The normalized spacial score (nSPS) is 12.5. The van der Waals surface area contributed by atoms with Gasteiger partial charge in [-0.05, 0) is 82.3 Å². The fourth-order valence-corrected chi connectivity index (χ4v) is 5.25. The molecule has 5 aromatic rings. The van der Waals surface area contributed by atoms with Crippen molar-refractivity contribution in [2.45, 2.75) is 32.3 Å². The number of carbonyl (C=O) groups is 1. The molecule has 1 aromatic heterocycles. The van der Waals surface area contributed by atoms with E-state index in [1.807, 2.05) is 42.5 Å². The molecule has 46 heavy (non-hydrogen) atoms. The summed E-state index contributed by atoms with van der Waals surface area (Å²) in [5.41, 5.74) is 4.53. The summed E-state index contributed by atoms with van der Waals surface area (Å²) in [6.07, 6.45) is -0.717. The third-order valence-corrected chi connectivity index (χ3v) is 8.22. The van der Waals surface area contributed by atoms with Crippen LogP contribution in [0.3, 0.4) is 0 Å². The molecule has 0 saturated heterocycles. The molecule has 11 heteroatoms. The zero-order valence-corrected chi connectivity index (χ0v) is 26.9. The minimum Gasteiger partial charge on any atom is -0.479 e. The molecule has 1 amide bonds. The van der Waals surface area contributed by atoms with Crippen LogP contribution >= 0.6 is 11.6 Å². The van der Waals surface area contributed by atoms with Gasteiger partial charge in [0.15, 0.2) is 11.9 Å². The second kappa shape index (κ2) is 13.5. The summed E-state index contributed by atoms with van der Waals surface area (Å²) in [6, 6.07) is 27.7. The molecular formula is C35H32ClFN2O6S. The zero-order chi connectivity index (χ0) is 33.1. The Balaban J connectivity index is 1.43. The largest absolute Gasteiger partial charge is 0.479 e. The predicted molar refractivity (Wildman–Crippen MR) is 175 cm³/mol. The van der Waals surface area contributed by atoms with Crippen LogP contribution in [0.25, 0.3) is 22.5 Å². The number of carbonyl (C=O) groups excluding carboxylic acids is 1. The lowest BCUT2D eigenvalue weighted by atomic mass is 9.86. The number of rotatable bonds is 10. The first-order chi connectivity index (χ1) is 21.7. The molecule has 1 atom stereocenters. The number of halogens is 2. The van der Waals surface area contributed by atoms with Gasteiger partial charge in [0.1, 0.15) is 17.3 Å². The van der Waals surface area contributed by atoms with Gasteiger partial charge in [0, 0.05) is 28.8 Å². The Hall–Kier alpha value is -4.51. The fraction of sp³-hybridized carbons (Fsp3) is 0.200. The second-order valence-corrected chi connectivity index (χ2v) is 13.8. The number of benzene rings is 4. The molecule has 4 aromatic carbocycles. The first-order valence-corrected chi connectivity index (χ1v) is 16.4. The van der Waals surface area contributed by atoms with Crippen molar-refractivity contribution in [3.05, 3.63) is 130 Å². The molecule has 8 nitrogen and oxygen atoms in total. The van der Waals surface area contributed by atoms with E-state index in [4.69, 9.17) is 25.4 Å². The Labute approximate surface area is 271 Å². The SMILES string of the molecule is CC(C)(C)c1ccc(C(Oc2ccc(C(=O)NCCS(=O)(=O)O)cc2)c2cc(-c3cc(F)cc(-c4ccc(Cl)cc4)c3)on2)cc1. The highest BCUT2D eigenvalue weighted by atomic mass is 35.5. The van der Waals surface area contributed by atoms with Gasteiger partial charge in [-0.25, -0.2) is 4.39 Å². The van der Waals surface area contributed by atoms with Crippen LogP contribution < -0.4 is 10.1 Å². The summed E-state index contributed by atoms with van der Waals surface area (Å²) in [5.74, 6) is -0.749. The monoisotopic (exact) mass is 662 g/mol. The Morgan fingerprint density at radius 3 is 2.22 bits per heavy atom. The van der Waals surface area contributed by atoms with Crippen LogP contribution in [0.1, 0.15) is 54.1 Å². The molecule has 0 aliphatic carbocycles. The van der Waals surface area contributed by atoms with Gasteiger partial charge < -0.3 is 14.6 Å². The topological polar surface area (TPSA) is 119 Å². The van der Waals surface area contributed by atoms with Gasteiger partial charge in [-0.2, -0.15) is 8.42 Å². The number of hydrogen-bond acceptors (Lipinski definition) is 6. The summed E-state index contributed by atoms with van der Waals surface area (Å²) < 4.78 is 57.6. The van der Waals surface area contributed by atoms with Crippen LogP contribution in [-0.4, -0.2) is 36.3 Å². The molecule has 0 saturated carbocycles. The highest BCUT2D eigenvalue weighted by Gasteiger charge is 2.24. The molecule has 5 rings (SSSR count). The third-order valence-electron chi connectivity index (χ3n) is 7.25. The lowest BCUT2D eigenvalue weighted by Gasteiger charge is -2.21. The Morgan fingerprint density at radius 1 is 0.935 bits per heavy atom. The zero-order valence-electron chi connectivity index (χ0n) is 25.3. The maximum absolute atomic E-state index is 14.8. The van der Waals surface area contributed by atoms with Crippen LogP contribution in [-0.2, 0) is 15.5 Å². The maximum atomic E-state index is 14.8. The van der Waals surface area contributed by atoms with Crippen molar-refractivity contribution >= 4 is 27.6 Å². The van der Waals surface area contributed by atoms with Crippen molar-refractivity contribution in [1.82, 2.24) is 10.5 Å². The van der Waals surface area contributed by atoms with Crippen molar-refractivity contribution < 1.29 is 31.4 Å². The van der Waals surface area contributed by atoms with Crippen molar-refractivity contribution in [2.75, 3.05) is 12.3 Å². The van der Waals surface area contributed by atoms with Gasteiger partial charge in [0.2, 0.25) is 0 Å². The van der Waals surface area contributed by atoms with Gasteiger partial charge >= 0.3 is 0 Å². The number of nitrogens with zero attached hydrogens (tertiary/aromatic N) is 1.